The van der Waals surface area contributed by atoms with E-state index in [4.69, 9.17) is 26.7 Å². The molecule has 0 saturated carbocycles. The third kappa shape index (κ3) is 4.18. The number of aromatic nitrogens is 4. The summed E-state index contributed by atoms with van der Waals surface area (Å²) < 4.78 is 2.01. The molecule has 0 aliphatic carbocycles. The van der Waals surface area contributed by atoms with Gasteiger partial charge in [-0.2, -0.15) is 9.61 Å². The molecule has 0 unspecified atom stereocenters. The smallest absolute Gasteiger partial charge is 0.166 e. The molecule has 1 aliphatic rings. The van der Waals surface area contributed by atoms with Crippen molar-refractivity contribution in [2.45, 2.75) is 13.8 Å². The number of nitrogens with zero attached hydrogens (tertiary/aromatic N) is 6. The molecule has 5 aromatic rings. The summed E-state index contributed by atoms with van der Waals surface area (Å²) in [6.45, 7) is 7.62. The van der Waals surface area contributed by atoms with Gasteiger partial charge in [0.2, 0.25) is 0 Å². The molecule has 1 aliphatic heterocycles. The number of pyridine rings is 1. The highest BCUT2D eigenvalue weighted by Gasteiger charge is 2.24. The second-order valence-corrected chi connectivity index (χ2v) is 9.62. The van der Waals surface area contributed by atoms with Gasteiger partial charge in [-0.15, -0.1) is 0 Å². The van der Waals surface area contributed by atoms with Crippen LogP contribution in [0, 0.1) is 13.8 Å². The number of hydrogen-bond acceptors (Lipinski definition) is 5. The molecule has 6 nitrogen and oxygen atoms in total. The number of fused-ring (bicyclic) bond motifs is 1. The molecule has 0 N–H and O–H groups in total. The Hall–Kier alpha value is -3.90. The summed E-state index contributed by atoms with van der Waals surface area (Å²) in [4.78, 5) is 14.6. The maximum atomic E-state index is 6.18. The molecular weight excluding hydrogens is 468 g/mol. The lowest BCUT2D eigenvalue weighted by Crippen LogP contribution is -2.47. The molecule has 0 amide bonds. The first-order chi connectivity index (χ1) is 17.6. The van der Waals surface area contributed by atoms with Crippen LogP contribution in [0.25, 0.3) is 28.0 Å². The van der Waals surface area contributed by atoms with Gasteiger partial charge in [-0.1, -0.05) is 60.1 Å². The first kappa shape index (κ1) is 22.6. The van der Waals surface area contributed by atoms with E-state index in [1.165, 1.54) is 0 Å². The summed E-state index contributed by atoms with van der Waals surface area (Å²) in [7, 11) is 0. The molecule has 7 heteroatoms. The molecular formula is C29H27ClN6. The number of aryl methyl sites for hydroxylation is 2. The Morgan fingerprint density at radius 3 is 2.17 bits per heavy atom. The zero-order valence-corrected chi connectivity index (χ0v) is 21.2. The van der Waals surface area contributed by atoms with E-state index in [-0.39, 0.29) is 0 Å². The van der Waals surface area contributed by atoms with E-state index in [2.05, 4.69) is 52.3 Å². The minimum absolute atomic E-state index is 0.715. The lowest BCUT2D eigenvalue weighted by molar-refractivity contribution is 0.633. The van der Waals surface area contributed by atoms with E-state index in [9.17, 15) is 0 Å². The first-order valence-corrected chi connectivity index (χ1v) is 12.6. The Morgan fingerprint density at radius 2 is 1.44 bits per heavy atom. The molecule has 0 atom stereocenters. The summed E-state index contributed by atoms with van der Waals surface area (Å²) in [6.07, 6.45) is 0. The van der Waals surface area contributed by atoms with E-state index in [1.54, 1.807) is 0 Å². The summed E-state index contributed by atoms with van der Waals surface area (Å²) in [5.74, 6) is 2.10. The summed E-state index contributed by atoms with van der Waals surface area (Å²) in [5.41, 5.74) is 6.97. The van der Waals surface area contributed by atoms with Crippen LogP contribution in [-0.4, -0.2) is 45.8 Å². The zero-order valence-electron chi connectivity index (χ0n) is 20.4. The predicted octanol–water partition coefficient (Wildman–Crippen LogP) is 6.06. The van der Waals surface area contributed by atoms with Crippen LogP contribution in [0.4, 0.5) is 11.6 Å². The Morgan fingerprint density at radius 1 is 0.722 bits per heavy atom. The van der Waals surface area contributed by atoms with Crippen LogP contribution in [-0.2, 0) is 0 Å². The van der Waals surface area contributed by atoms with Gasteiger partial charge in [0.25, 0.3) is 0 Å². The highest BCUT2D eigenvalue weighted by atomic mass is 35.5. The monoisotopic (exact) mass is 494 g/mol. The van der Waals surface area contributed by atoms with Crippen molar-refractivity contribution in [2.24, 2.45) is 0 Å². The van der Waals surface area contributed by atoms with Gasteiger partial charge >= 0.3 is 0 Å². The highest BCUT2D eigenvalue weighted by Crippen LogP contribution is 2.33. The van der Waals surface area contributed by atoms with Crippen molar-refractivity contribution in [1.82, 2.24) is 19.6 Å². The second kappa shape index (κ2) is 9.28. The van der Waals surface area contributed by atoms with Crippen molar-refractivity contribution in [3.8, 4) is 22.4 Å². The summed E-state index contributed by atoms with van der Waals surface area (Å²) >= 11 is 6.18. The Labute approximate surface area is 215 Å². The van der Waals surface area contributed by atoms with E-state index >= 15 is 0 Å². The molecule has 3 aromatic heterocycles. The van der Waals surface area contributed by atoms with E-state index in [0.717, 1.165) is 77.2 Å². The van der Waals surface area contributed by atoms with Gasteiger partial charge in [-0.25, -0.2) is 9.97 Å². The summed E-state index contributed by atoms with van der Waals surface area (Å²) in [6, 6.07) is 26.6. The normalized spacial score (nSPS) is 14.0. The Balaban J connectivity index is 1.43. The van der Waals surface area contributed by atoms with Crippen molar-refractivity contribution in [1.29, 1.82) is 0 Å². The molecule has 0 spiro atoms. The maximum absolute atomic E-state index is 6.18. The third-order valence-corrected chi connectivity index (χ3v) is 7.00. The number of hydrogen-bond donors (Lipinski definition) is 0. The van der Waals surface area contributed by atoms with Crippen LogP contribution in [0.5, 0.6) is 0 Å². The SMILES string of the molecule is Cc1cccc(N2CCN(c3cc(-c4ccccc4)nc4c(-c5ccc(Cl)cc5)c(C)nn34)CC2)n1. The number of halogens is 1. The van der Waals surface area contributed by atoms with Gasteiger partial charge < -0.3 is 9.80 Å². The van der Waals surface area contributed by atoms with Crippen LogP contribution in [0.15, 0.2) is 78.9 Å². The van der Waals surface area contributed by atoms with Gasteiger partial charge in [0.05, 0.1) is 11.4 Å². The predicted molar refractivity (Wildman–Crippen MR) is 147 cm³/mol. The quantitative estimate of drug-likeness (QED) is 0.304. The fraction of sp³-hybridized carbons (Fsp3) is 0.207. The van der Waals surface area contributed by atoms with Crippen LogP contribution in [0.2, 0.25) is 5.02 Å². The highest BCUT2D eigenvalue weighted by molar-refractivity contribution is 6.30. The first-order valence-electron chi connectivity index (χ1n) is 12.2. The molecule has 180 valence electrons. The number of piperazine rings is 1. The lowest BCUT2D eigenvalue weighted by Gasteiger charge is -2.36. The minimum Gasteiger partial charge on any atom is -0.353 e. The third-order valence-electron chi connectivity index (χ3n) is 6.75. The average molecular weight is 495 g/mol. The van der Waals surface area contributed by atoms with Crippen LogP contribution in [0.3, 0.4) is 0 Å². The standard InChI is InChI=1S/C29H27ClN6/c1-20-7-6-10-26(31-20)34-15-17-35(18-16-34)27-19-25(22-8-4-3-5-9-22)32-29-28(21(2)33-36(27)29)23-11-13-24(30)14-12-23/h3-14,19H,15-18H2,1-2H3. The van der Waals surface area contributed by atoms with E-state index in [0.29, 0.717) is 5.02 Å². The number of rotatable bonds is 4. The van der Waals surface area contributed by atoms with E-state index < -0.39 is 0 Å². The van der Waals surface area contributed by atoms with Gasteiger partial charge in [0.15, 0.2) is 5.65 Å². The Bertz CT molecular complexity index is 1520. The van der Waals surface area contributed by atoms with E-state index in [1.807, 2.05) is 54.8 Å². The lowest BCUT2D eigenvalue weighted by atomic mass is 10.1. The molecule has 0 bridgehead atoms. The van der Waals surface area contributed by atoms with Crippen molar-refractivity contribution in [3.05, 3.63) is 95.3 Å². The molecule has 6 rings (SSSR count). The molecule has 36 heavy (non-hydrogen) atoms. The number of benzene rings is 2. The molecule has 1 saturated heterocycles. The van der Waals surface area contributed by atoms with Crippen molar-refractivity contribution in [3.63, 3.8) is 0 Å². The topological polar surface area (TPSA) is 49.6 Å². The van der Waals surface area contributed by atoms with Crippen LogP contribution in [0.1, 0.15) is 11.4 Å². The maximum Gasteiger partial charge on any atom is 0.166 e. The second-order valence-electron chi connectivity index (χ2n) is 9.18. The van der Waals surface area contributed by atoms with Gasteiger partial charge in [0.1, 0.15) is 11.6 Å². The largest absolute Gasteiger partial charge is 0.353 e. The average Bonchev–Trinajstić information content (AvgIpc) is 3.25. The Kier molecular flexibility index (Phi) is 5.82. The van der Waals surface area contributed by atoms with Crippen molar-refractivity contribution in [2.75, 3.05) is 36.0 Å². The van der Waals surface area contributed by atoms with Crippen molar-refractivity contribution >= 4 is 28.9 Å². The van der Waals surface area contributed by atoms with Crippen LogP contribution < -0.4 is 9.80 Å². The molecule has 4 heterocycles. The molecule has 0 radical (unpaired) electrons. The molecule has 2 aromatic carbocycles. The fourth-order valence-electron chi connectivity index (χ4n) is 4.91. The molecule has 1 fully saturated rings. The summed E-state index contributed by atoms with van der Waals surface area (Å²) in [5, 5.41) is 5.68. The van der Waals surface area contributed by atoms with Gasteiger partial charge in [0, 0.05) is 54.1 Å². The van der Waals surface area contributed by atoms with Gasteiger partial charge in [-0.3, -0.25) is 0 Å². The number of anilines is 2. The minimum atomic E-state index is 0.715. The van der Waals surface area contributed by atoms with Crippen LogP contribution >= 0.6 is 11.6 Å². The fourth-order valence-corrected chi connectivity index (χ4v) is 5.04. The van der Waals surface area contributed by atoms with Crippen molar-refractivity contribution < 1.29 is 0 Å². The van der Waals surface area contributed by atoms with Gasteiger partial charge in [-0.05, 0) is 43.7 Å². The zero-order chi connectivity index (χ0) is 24.6.